The summed E-state index contributed by atoms with van der Waals surface area (Å²) in [6, 6.07) is 9.86. The van der Waals surface area contributed by atoms with Gasteiger partial charge >= 0.3 is 0 Å². The van der Waals surface area contributed by atoms with Crippen LogP contribution in [0.1, 0.15) is 36.4 Å². The molecule has 0 saturated carbocycles. The van der Waals surface area contributed by atoms with Crippen LogP contribution in [0.4, 0.5) is 5.69 Å². The lowest BCUT2D eigenvalue weighted by atomic mass is 9.93. The number of nitrogens with zero attached hydrogens (tertiary/aromatic N) is 3. The minimum Gasteiger partial charge on any atom is -0.399 e. The van der Waals surface area contributed by atoms with Crippen molar-refractivity contribution in [3.63, 3.8) is 0 Å². The Morgan fingerprint density at radius 3 is 2.65 bits per heavy atom. The van der Waals surface area contributed by atoms with E-state index in [1.807, 2.05) is 47.1 Å². The number of nitrogens with two attached hydrogens (primary N) is 1. The quantitative estimate of drug-likeness (QED) is 0.881. The summed E-state index contributed by atoms with van der Waals surface area (Å²) in [6.45, 7) is 1.66. The third-order valence-corrected chi connectivity index (χ3v) is 4.79. The second kappa shape index (κ2) is 6.86. The van der Waals surface area contributed by atoms with E-state index in [4.69, 9.17) is 5.73 Å². The van der Waals surface area contributed by atoms with Crippen LogP contribution in [0.15, 0.2) is 36.5 Å². The summed E-state index contributed by atoms with van der Waals surface area (Å²) in [5, 5.41) is 4.24. The first kappa shape index (κ1) is 15.6. The lowest BCUT2D eigenvalue weighted by Crippen LogP contribution is -2.38. The Bertz CT molecular complexity index is 671. The third kappa shape index (κ3) is 3.55. The molecule has 0 atom stereocenters. The van der Waals surface area contributed by atoms with Gasteiger partial charge in [0, 0.05) is 50.1 Å². The molecule has 0 bridgehead atoms. The maximum absolute atomic E-state index is 12.4. The standard InChI is InChI=1S/C18H24N4O/c1-21-17(8-11-20-21)15-9-12-22(13-10-15)18(23)7-6-14-4-2-3-5-16(14)19/h2-5,8,11,15H,6-7,9-10,12-13,19H2,1H3. The fourth-order valence-corrected chi connectivity index (χ4v) is 3.37. The maximum atomic E-state index is 12.4. The molecule has 1 saturated heterocycles. The first-order valence-corrected chi connectivity index (χ1v) is 8.24. The fraction of sp³-hybridized carbons (Fsp3) is 0.444. The zero-order valence-electron chi connectivity index (χ0n) is 13.6. The topological polar surface area (TPSA) is 64.2 Å². The second-order valence-electron chi connectivity index (χ2n) is 6.23. The molecule has 3 rings (SSSR count). The number of piperidine rings is 1. The van der Waals surface area contributed by atoms with Crippen LogP contribution < -0.4 is 5.73 Å². The van der Waals surface area contributed by atoms with Crippen molar-refractivity contribution in [2.75, 3.05) is 18.8 Å². The molecular weight excluding hydrogens is 288 g/mol. The number of amides is 1. The Morgan fingerprint density at radius 2 is 2.00 bits per heavy atom. The van der Waals surface area contributed by atoms with Gasteiger partial charge in [-0.3, -0.25) is 9.48 Å². The van der Waals surface area contributed by atoms with E-state index < -0.39 is 0 Å². The molecule has 2 N–H and O–H groups in total. The van der Waals surface area contributed by atoms with Crippen molar-refractivity contribution in [3.05, 3.63) is 47.8 Å². The number of benzene rings is 1. The number of hydrogen-bond acceptors (Lipinski definition) is 3. The number of anilines is 1. The summed E-state index contributed by atoms with van der Waals surface area (Å²) in [5.41, 5.74) is 9.05. The third-order valence-electron chi connectivity index (χ3n) is 4.79. The van der Waals surface area contributed by atoms with Gasteiger partial charge in [0.1, 0.15) is 0 Å². The van der Waals surface area contributed by atoms with Crippen LogP contribution in [0.3, 0.4) is 0 Å². The number of para-hydroxylation sites is 1. The molecule has 2 aromatic rings. The normalized spacial score (nSPS) is 15.8. The van der Waals surface area contributed by atoms with Gasteiger partial charge in [0.05, 0.1) is 0 Å². The van der Waals surface area contributed by atoms with Crippen molar-refractivity contribution in [2.45, 2.75) is 31.6 Å². The van der Waals surface area contributed by atoms with E-state index in [9.17, 15) is 4.79 Å². The highest BCUT2D eigenvalue weighted by atomic mass is 16.2. The lowest BCUT2D eigenvalue weighted by Gasteiger charge is -2.32. The zero-order valence-corrected chi connectivity index (χ0v) is 13.6. The molecule has 0 radical (unpaired) electrons. The van der Waals surface area contributed by atoms with Crippen molar-refractivity contribution >= 4 is 11.6 Å². The van der Waals surface area contributed by atoms with Crippen molar-refractivity contribution in [1.29, 1.82) is 0 Å². The summed E-state index contributed by atoms with van der Waals surface area (Å²) < 4.78 is 1.94. The highest BCUT2D eigenvalue weighted by Gasteiger charge is 2.25. The number of carbonyl (C=O) groups is 1. The molecule has 122 valence electrons. The number of nitrogen functional groups attached to an aromatic ring is 1. The van der Waals surface area contributed by atoms with Crippen LogP contribution in [0.5, 0.6) is 0 Å². The monoisotopic (exact) mass is 312 g/mol. The Hall–Kier alpha value is -2.30. The summed E-state index contributed by atoms with van der Waals surface area (Å²) in [4.78, 5) is 14.4. The van der Waals surface area contributed by atoms with Crippen LogP contribution >= 0.6 is 0 Å². The number of aromatic nitrogens is 2. The van der Waals surface area contributed by atoms with E-state index in [2.05, 4.69) is 11.2 Å². The molecule has 1 aromatic carbocycles. The van der Waals surface area contributed by atoms with Crippen LogP contribution in [-0.4, -0.2) is 33.7 Å². The van der Waals surface area contributed by atoms with Gasteiger partial charge in [-0.1, -0.05) is 18.2 Å². The summed E-state index contributed by atoms with van der Waals surface area (Å²) in [5.74, 6) is 0.744. The van der Waals surface area contributed by atoms with Gasteiger partial charge in [0.15, 0.2) is 0 Å². The van der Waals surface area contributed by atoms with Gasteiger partial charge in [-0.15, -0.1) is 0 Å². The van der Waals surface area contributed by atoms with E-state index in [1.165, 1.54) is 5.69 Å². The molecule has 5 heteroatoms. The van der Waals surface area contributed by atoms with Crippen molar-refractivity contribution in [1.82, 2.24) is 14.7 Å². The van der Waals surface area contributed by atoms with Gasteiger partial charge in [-0.05, 0) is 37.0 Å². The second-order valence-corrected chi connectivity index (χ2v) is 6.23. The molecule has 0 spiro atoms. The number of hydrogen-bond donors (Lipinski definition) is 1. The molecule has 1 aliphatic rings. The number of aryl methyl sites for hydroxylation is 2. The van der Waals surface area contributed by atoms with Gasteiger partial charge in [-0.2, -0.15) is 5.10 Å². The Balaban J connectivity index is 1.51. The van der Waals surface area contributed by atoms with E-state index >= 15 is 0 Å². The Morgan fingerprint density at radius 1 is 1.26 bits per heavy atom. The summed E-state index contributed by atoms with van der Waals surface area (Å²) >= 11 is 0. The maximum Gasteiger partial charge on any atom is 0.222 e. The predicted molar refractivity (Wildman–Crippen MR) is 90.9 cm³/mol. The van der Waals surface area contributed by atoms with Gasteiger partial charge in [0.2, 0.25) is 5.91 Å². The highest BCUT2D eigenvalue weighted by molar-refractivity contribution is 5.76. The molecule has 5 nitrogen and oxygen atoms in total. The first-order chi connectivity index (χ1) is 11.1. The first-order valence-electron chi connectivity index (χ1n) is 8.24. The molecular formula is C18H24N4O. The van der Waals surface area contributed by atoms with E-state index in [-0.39, 0.29) is 5.91 Å². The summed E-state index contributed by atoms with van der Waals surface area (Å²) in [7, 11) is 1.98. The van der Waals surface area contributed by atoms with Crippen molar-refractivity contribution in [3.8, 4) is 0 Å². The molecule has 1 fully saturated rings. The van der Waals surface area contributed by atoms with Crippen LogP contribution in [-0.2, 0) is 18.3 Å². The Labute approximate surface area is 137 Å². The largest absolute Gasteiger partial charge is 0.399 e. The minimum absolute atomic E-state index is 0.233. The molecule has 23 heavy (non-hydrogen) atoms. The highest BCUT2D eigenvalue weighted by Crippen LogP contribution is 2.27. The number of carbonyl (C=O) groups excluding carboxylic acids is 1. The minimum atomic E-state index is 0.233. The van der Waals surface area contributed by atoms with Crippen molar-refractivity contribution < 1.29 is 4.79 Å². The average molecular weight is 312 g/mol. The molecule has 1 aliphatic heterocycles. The van der Waals surface area contributed by atoms with Crippen LogP contribution in [0.25, 0.3) is 0 Å². The van der Waals surface area contributed by atoms with Crippen LogP contribution in [0, 0.1) is 0 Å². The summed E-state index contributed by atoms with van der Waals surface area (Å²) in [6.07, 6.45) is 5.12. The Kier molecular flexibility index (Phi) is 4.65. The predicted octanol–water partition coefficient (Wildman–Crippen LogP) is 2.34. The van der Waals surface area contributed by atoms with E-state index in [0.29, 0.717) is 18.8 Å². The lowest BCUT2D eigenvalue weighted by molar-refractivity contribution is -0.132. The number of likely N-dealkylation sites (tertiary alicyclic amines) is 1. The molecule has 0 unspecified atom stereocenters. The molecule has 1 aromatic heterocycles. The van der Waals surface area contributed by atoms with Gasteiger partial charge in [0.25, 0.3) is 0 Å². The fourth-order valence-electron chi connectivity index (χ4n) is 3.37. The smallest absolute Gasteiger partial charge is 0.222 e. The molecule has 0 aliphatic carbocycles. The van der Waals surface area contributed by atoms with E-state index in [1.54, 1.807) is 0 Å². The van der Waals surface area contributed by atoms with Crippen LogP contribution in [0.2, 0.25) is 0 Å². The SMILES string of the molecule is Cn1nccc1C1CCN(C(=O)CCc2ccccc2N)CC1. The molecule has 2 heterocycles. The van der Waals surface area contributed by atoms with E-state index in [0.717, 1.165) is 37.2 Å². The van der Waals surface area contributed by atoms with Gasteiger partial charge in [-0.25, -0.2) is 0 Å². The zero-order chi connectivity index (χ0) is 16.2. The van der Waals surface area contributed by atoms with Gasteiger partial charge < -0.3 is 10.6 Å². The van der Waals surface area contributed by atoms with Crippen molar-refractivity contribution in [2.24, 2.45) is 7.05 Å². The molecule has 1 amide bonds. The number of rotatable bonds is 4. The average Bonchev–Trinajstić information content (AvgIpc) is 3.00.